The molecule has 5 heteroatoms. The quantitative estimate of drug-likeness (QED) is 0.597. The number of amides is 1. The van der Waals surface area contributed by atoms with E-state index in [1.54, 1.807) is 0 Å². The summed E-state index contributed by atoms with van der Waals surface area (Å²) in [6.07, 6.45) is 0.524. The van der Waals surface area contributed by atoms with Gasteiger partial charge in [0, 0.05) is 6.04 Å². The normalized spacial score (nSPS) is 14.7. The number of carbonyl (C=O) groups excluding carboxylic acids is 1. The molecular weight excluding hydrogens is 196 g/mol. The summed E-state index contributed by atoms with van der Waals surface area (Å²) in [4.78, 5) is 22.0. The number of carboxylic acid groups (broad SMARTS) is 1. The molecule has 0 aliphatic carbocycles. The van der Waals surface area contributed by atoms with E-state index in [0.717, 1.165) is 0 Å². The van der Waals surface area contributed by atoms with E-state index in [1.165, 1.54) is 0 Å². The van der Waals surface area contributed by atoms with Crippen LogP contribution in [0.5, 0.6) is 0 Å². The van der Waals surface area contributed by atoms with Crippen molar-refractivity contribution >= 4 is 11.9 Å². The second kappa shape index (κ2) is 6.40. The van der Waals surface area contributed by atoms with Gasteiger partial charge in [0.1, 0.15) is 0 Å². The molecule has 0 spiro atoms. The van der Waals surface area contributed by atoms with Gasteiger partial charge in [0.15, 0.2) is 0 Å². The van der Waals surface area contributed by atoms with Gasteiger partial charge in [-0.05, 0) is 12.3 Å². The molecule has 0 aromatic rings. The molecule has 0 aliphatic heterocycles. The van der Waals surface area contributed by atoms with Crippen molar-refractivity contribution in [3.05, 3.63) is 0 Å². The highest BCUT2D eigenvalue weighted by atomic mass is 16.4. The van der Waals surface area contributed by atoms with Crippen molar-refractivity contribution in [3.63, 3.8) is 0 Å². The number of carbonyl (C=O) groups is 2. The largest absolute Gasteiger partial charge is 0.481 e. The Balaban J connectivity index is 4.18. The second-order valence-corrected chi connectivity index (χ2v) is 3.98. The van der Waals surface area contributed by atoms with Crippen LogP contribution in [0.1, 0.15) is 33.6 Å². The van der Waals surface area contributed by atoms with E-state index in [-0.39, 0.29) is 24.3 Å². The molecule has 88 valence electrons. The van der Waals surface area contributed by atoms with Crippen molar-refractivity contribution < 1.29 is 14.7 Å². The van der Waals surface area contributed by atoms with Gasteiger partial charge in [-0.1, -0.05) is 20.8 Å². The Hall–Kier alpha value is -1.10. The van der Waals surface area contributed by atoms with Crippen molar-refractivity contribution in [2.24, 2.45) is 11.7 Å². The lowest BCUT2D eigenvalue weighted by molar-refractivity contribution is -0.137. The minimum Gasteiger partial charge on any atom is -0.481 e. The molecule has 15 heavy (non-hydrogen) atoms. The number of rotatable bonds is 6. The van der Waals surface area contributed by atoms with Crippen molar-refractivity contribution in [3.8, 4) is 0 Å². The molecule has 0 aliphatic rings. The van der Waals surface area contributed by atoms with E-state index in [4.69, 9.17) is 10.8 Å². The topological polar surface area (TPSA) is 92.4 Å². The number of carboxylic acids is 1. The molecule has 0 aromatic carbocycles. The van der Waals surface area contributed by atoms with E-state index in [2.05, 4.69) is 5.32 Å². The lowest BCUT2D eigenvalue weighted by atomic mass is 10.0. The van der Waals surface area contributed by atoms with E-state index >= 15 is 0 Å². The van der Waals surface area contributed by atoms with E-state index < -0.39 is 12.0 Å². The van der Waals surface area contributed by atoms with Gasteiger partial charge >= 0.3 is 5.97 Å². The van der Waals surface area contributed by atoms with Crippen LogP contribution in [0, 0.1) is 5.92 Å². The summed E-state index contributed by atoms with van der Waals surface area (Å²) >= 11 is 0. The fourth-order valence-corrected chi connectivity index (χ4v) is 1.11. The van der Waals surface area contributed by atoms with Crippen LogP contribution in [-0.4, -0.2) is 29.1 Å². The SMILES string of the molecule is CCC(CC(=O)O)NC(=O)[C@H](N)C(C)C. The van der Waals surface area contributed by atoms with E-state index in [1.807, 2.05) is 20.8 Å². The maximum Gasteiger partial charge on any atom is 0.305 e. The second-order valence-electron chi connectivity index (χ2n) is 3.98. The Kier molecular flexibility index (Phi) is 5.93. The van der Waals surface area contributed by atoms with Crippen LogP contribution in [-0.2, 0) is 9.59 Å². The zero-order valence-corrected chi connectivity index (χ0v) is 9.49. The van der Waals surface area contributed by atoms with Crippen LogP contribution in [0.3, 0.4) is 0 Å². The Morgan fingerprint density at radius 1 is 1.40 bits per heavy atom. The Labute approximate surface area is 90.0 Å². The first-order valence-electron chi connectivity index (χ1n) is 5.16. The van der Waals surface area contributed by atoms with E-state index in [0.29, 0.717) is 6.42 Å². The number of nitrogens with one attached hydrogen (secondary N) is 1. The van der Waals surface area contributed by atoms with Gasteiger partial charge in [-0.25, -0.2) is 0 Å². The average Bonchev–Trinajstić information content (AvgIpc) is 2.14. The molecular formula is C10H20N2O3. The molecule has 0 fully saturated rings. The Morgan fingerprint density at radius 2 is 1.93 bits per heavy atom. The van der Waals surface area contributed by atoms with Gasteiger partial charge in [-0.15, -0.1) is 0 Å². The molecule has 0 saturated carbocycles. The van der Waals surface area contributed by atoms with Crippen molar-refractivity contribution in [1.29, 1.82) is 0 Å². The van der Waals surface area contributed by atoms with Crippen LogP contribution in [0.25, 0.3) is 0 Å². The Morgan fingerprint density at radius 3 is 2.27 bits per heavy atom. The summed E-state index contributed by atoms with van der Waals surface area (Å²) in [5.41, 5.74) is 5.63. The molecule has 0 radical (unpaired) electrons. The van der Waals surface area contributed by atoms with Crippen LogP contribution in [0.2, 0.25) is 0 Å². The molecule has 5 nitrogen and oxygen atoms in total. The Bertz CT molecular complexity index is 229. The molecule has 2 atom stereocenters. The molecule has 4 N–H and O–H groups in total. The van der Waals surface area contributed by atoms with E-state index in [9.17, 15) is 9.59 Å². The smallest absolute Gasteiger partial charge is 0.305 e. The summed E-state index contributed by atoms with van der Waals surface area (Å²) in [5.74, 6) is -1.15. The van der Waals surface area contributed by atoms with Crippen molar-refractivity contribution in [1.82, 2.24) is 5.32 Å². The first-order valence-corrected chi connectivity index (χ1v) is 5.16. The average molecular weight is 216 g/mol. The fourth-order valence-electron chi connectivity index (χ4n) is 1.11. The monoisotopic (exact) mass is 216 g/mol. The standard InChI is InChI=1S/C10H20N2O3/c1-4-7(5-8(13)14)12-10(15)9(11)6(2)3/h6-7,9H,4-5,11H2,1-3H3,(H,12,15)(H,13,14)/t7?,9-/m1/s1. The highest BCUT2D eigenvalue weighted by molar-refractivity contribution is 5.82. The van der Waals surface area contributed by atoms with Crippen LogP contribution >= 0.6 is 0 Å². The first-order chi connectivity index (χ1) is 6.88. The van der Waals surface area contributed by atoms with Crippen LogP contribution in [0.4, 0.5) is 0 Å². The molecule has 0 saturated heterocycles. The third kappa shape index (κ3) is 5.37. The predicted molar refractivity (Wildman–Crippen MR) is 57.3 cm³/mol. The van der Waals surface area contributed by atoms with Gasteiger partial charge in [0.25, 0.3) is 0 Å². The summed E-state index contributed by atoms with van der Waals surface area (Å²) in [7, 11) is 0. The van der Waals surface area contributed by atoms with Crippen LogP contribution in [0.15, 0.2) is 0 Å². The maximum absolute atomic E-state index is 11.5. The van der Waals surface area contributed by atoms with Crippen molar-refractivity contribution in [2.75, 3.05) is 0 Å². The zero-order valence-electron chi connectivity index (χ0n) is 9.49. The van der Waals surface area contributed by atoms with Gasteiger partial charge in [0.05, 0.1) is 12.5 Å². The van der Waals surface area contributed by atoms with Gasteiger partial charge in [-0.2, -0.15) is 0 Å². The molecule has 0 heterocycles. The third-order valence-corrected chi connectivity index (χ3v) is 2.28. The number of aliphatic carboxylic acids is 1. The third-order valence-electron chi connectivity index (χ3n) is 2.28. The summed E-state index contributed by atoms with van der Waals surface area (Å²) in [6.45, 7) is 5.53. The van der Waals surface area contributed by atoms with Gasteiger partial charge in [-0.3, -0.25) is 9.59 Å². The molecule has 1 unspecified atom stereocenters. The van der Waals surface area contributed by atoms with Crippen molar-refractivity contribution in [2.45, 2.75) is 45.7 Å². The fraction of sp³-hybridized carbons (Fsp3) is 0.800. The maximum atomic E-state index is 11.5. The highest BCUT2D eigenvalue weighted by Crippen LogP contribution is 2.02. The predicted octanol–water partition coefficient (Wildman–Crippen LogP) is 0.339. The lowest BCUT2D eigenvalue weighted by Gasteiger charge is -2.20. The highest BCUT2D eigenvalue weighted by Gasteiger charge is 2.20. The van der Waals surface area contributed by atoms with Gasteiger partial charge in [0.2, 0.25) is 5.91 Å². The van der Waals surface area contributed by atoms with Gasteiger partial charge < -0.3 is 16.2 Å². The summed E-state index contributed by atoms with van der Waals surface area (Å²) < 4.78 is 0. The minimum atomic E-state index is -0.916. The lowest BCUT2D eigenvalue weighted by Crippen LogP contribution is -2.48. The summed E-state index contributed by atoms with van der Waals surface area (Å²) in [5, 5.41) is 11.2. The minimum absolute atomic E-state index is 0.0485. The number of nitrogens with two attached hydrogens (primary N) is 1. The first kappa shape index (κ1) is 13.9. The molecule has 1 amide bonds. The molecule has 0 aromatic heterocycles. The van der Waals surface area contributed by atoms with Crippen LogP contribution < -0.4 is 11.1 Å². The summed E-state index contributed by atoms with van der Waals surface area (Å²) in [6, 6.07) is -0.910. The molecule has 0 bridgehead atoms. The number of hydrogen-bond acceptors (Lipinski definition) is 3. The number of hydrogen-bond donors (Lipinski definition) is 3. The molecule has 0 rings (SSSR count). The zero-order chi connectivity index (χ0) is 12.0.